The first-order valence-corrected chi connectivity index (χ1v) is 5.11. The van der Waals surface area contributed by atoms with Gasteiger partial charge in [-0.3, -0.25) is 9.88 Å². The van der Waals surface area contributed by atoms with E-state index in [1.54, 1.807) is 17.2 Å². The molecule has 1 unspecified atom stereocenters. The first-order valence-electron chi connectivity index (χ1n) is 5.11. The number of alkyl halides is 2. The molecule has 16 heavy (non-hydrogen) atoms. The summed E-state index contributed by atoms with van der Waals surface area (Å²) < 4.78 is 25.5. The van der Waals surface area contributed by atoms with Crippen LogP contribution in [0.5, 0.6) is 0 Å². The van der Waals surface area contributed by atoms with Crippen LogP contribution in [0.25, 0.3) is 0 Å². The number of rotatable bonds is 4. The molecule has 0 amide bonds. The molecule has 0 saturated heterocycles. The molecule has 0 fully saturated rings. The molecule has 0 aromatic carbocycles. The molecule has 1 aromatic heterocycles. The molecule has 1 aliphatic heterocycles. The quantitative estimate of drug-likeness (QED) is 0.731. The van der Waals surface area contributed by atoms with Gasteiger partial charge in [-0.2, -0.15) is 0 Å². The third-order valence-electron chi connectivity index (χ3n) is 2.81. The summed E-state index contributed by atoms with van der Waals surface area (Å²) in [6.07, 6.45) is -0.433. The van der Waals surface area contributed by atoms with Gasteiger partial charge in [0.15, 0.2) is 0 Å². The number of hydrogen-bond donors (Lipinski definition) is 0. The zero-order valence-electron chi connectivity index (χ0n) is 8.64. The van der Waals surface area contributed by atoms with Crippen LogP contribution in [0.1, 0.15) is 17.7 Å². The molecule has 2 rings (SSSR count). The van der Waals surface area contributed by atoms with Gasteiger partial charge in [-0.25, -0.2) is 8.78 Å². The van der Waals surface area contributed by atoms with E-state index in [4.69, 9.17) is 0 Å². The van der Waals surface area contributed by atoms with E-state index < -0.39 is 12.5 Å². The van der Waals surface area contributed by atoms with Crippen LogP contribution >= 0.6 is 0 Å². The van der Waals surface area contributed by atoms with Crippen LogP contribution in [0.3, 0.4) is 0 Å². The number of nitrogens with zero attached hydrogens (tertiary/aromatic N) is 2. The van der Waals surface area contributed by atoms with Gasteiger partial charge >= 0.3 is 0 Å². The maximum Gasteiger partial charge on any atom is 0.254 e. The summed E-state index contributed by atoms with van der Waals surface area (Å²) in [5.74, 6) is 0. The summed E-state index contributed by atoms with van der Waals surface area (Å²) in [6.45, 7) is 0.852. The molecule has 1 atom stereocenters. The third-order valence-corrected chi connectivity index (χ3v) is 2.81. The van der Waals surface area contributed by atoms with Crippen molar-refractivity contribution in [1.82, 2.24) is 9.88 Å². The third kappa shape index (κ3) is 2.09. The Hall–Kier alpha value is -1.36. The molecule has 5 heteroatoms. The van der Waals surface area contributed by atoms with Crippen molar-refractivity contribution in [3.63, 3.8) is 0 Å². The molecule has 0 aliphatic carbocycles. The standard InChI is InChI=1S/C11H12F2N2O/c12-11(13)10(3-5-16)15-6-8-2-1-4-14-9(8)7-15/h1-2,4-5,10-11H,3,6-7H2. The summed E-state index contributed by atoms with van der Waals surface area (Å²) in [7, 11) is 0. The van der Waals surface area contributed by atoms with Crippen molar-refractivity contribution >= 4 is 6.29 Å². The Morgan fingerprint density at radius 3 is 2.94 bits per heavy atom. The normalized spacial score (nSPS) is 17.4. The first-order chi connectivity index (χ1) is 7.72. The van der Waals surface area contributed by atoms with Crippen LogP contribution in [-0.2, 0) is 17.9 Å². The topological polar surface area (TPSA) is 33.2 Å². The lowest BCUT2D eigenvalue weighted by Gasteiger charge is -2.24. The molecular weight excluding hydrogens is 214 g/mol. The summed E-state index contributed by atoms with van der Waals surface area (Å²) in [5.41, 5.74) is 1.80. The summed E-state index contributed by atoms with van der Waals surface area (Å²) in [4.78, 5) is 16.1. The minimum atomic E-state index is -2.50. The van der Waals surface area contributed by atoms with Crippen LogP contribution in [0, 0.1) is 0 Å². The van der Waals surface area contributed by atoms with Crippen molar-refractivity contribution < 1.29 is 13.6 Å². The van der Waals surface area contributed by atoms with Crippen molar-refractivity contribution in [3.8, 4) is 0 Å². The second-order valence-electron chi connectivity index (χ2n) is 3.82. The predicted molar refractivity (Wildman–Crippen MR) is 54.0 cm³/mol. The van der Waals surface area contributed by atoms with Crippen LogP contribution in [-0.4, -0.2) is 28.6 Å². The molecule has 86 valence electrons. The Kier molecular flexibility index (Phi) is 3.24. The Morgan fingerprint density at radius 2 is 2.31 bits per heavy atom. The number of hydrogen-bond acceptors (Lipinski definition) is 3. The zero-order valence-corrected chi connectivity index (χ0v) is 8.64. The number of carbonyl (C=O) groups excluding carboxylic acids is 1. The van der Waals surface area contributed by atoms with E-state index in [-0.39, 0.29) is 6.42 Å². The van der Waals surface area contributed by atoms with Crippen LogP contribution in [0.4, 0.5) is 8.78 Å². The summed E-state index contributed by atoms with van der Waals surface area (Å²) in [6, 6.07) is 2.68. The van der Waals surface area contributed by atoms with Crippen LogP contribution < -0.4 is 0 Å². The lowest BCUT2D eigenvalue weighted by Crippen LogP contribution is -2.37. The number of aldehydes is 1. The van der Waals surface area contributed by atoms with Gasteiger partial charge in [0, 0.05) is 25.7 Å². The van der Waals surface area contributed by atoms with Crippen molar-refractivity contribution in [1.29, 1.82) is 0 Å². The highest BCUT2D eigenvalue weighted by Gasteiger charge is 2.31. The van der Waals surface area contributed by atoms with Crippen molar-refractivity contribution in [2.24, 2.45) is 0 Å². The minimum Gasteiger partial charge on any atom is -0.303 e. The molecule has 0 spiro atoms. The Morgan fingerprint density at radius 1 is 1.50 bits per heavy atom. The SMILES string of the molecule is O=CCC(C(F)F)N1Cc2cccnc2C1. The van der Waals surface area contributed by atoms with Crippen LogP contribution in [0.15, 0.2) is 18.3 Å². The maximum atomic E-state index is 12.7. The van der Waals surface area contributed by atoms with E-state index in [0.29, 0.717) is 19.4 Å². The average molecular weight is 226 g/mol. The van der Waals surface area contributed by atoms with Gasteiger partial charge in [0.05, 0.1) is 11.7 Å². The van der Waals surface area contributed by atoms with E-state index in [9.17, 15) is 13.6 Å². The molecule has 2 heterocycles. The van der Waals surface area contributed by atoms with Gasteiger partial charge < -0.3 is 4.79 Å². The highest BCUT2D eigenvalue weighted by atomic mass is 19.3. The van der Waals surface area contributed by atoms with E-state index >= 15 is 0 Å². The number of carbonyl (C=O) groups is 1. The molecular formula is C11H12F2N2O. The highest BCUT2D eigenvalue weighted by Crippen LogP contribution is 2.25. The van der Waals surface area contributed by atoms with E-state index in [1.165, 1.54) is 0 Å². The molecule has 0 bridgehead atoms. The lowest BCUT2D eigenvalue weighted by molar-refractivity contribution is -0.110. The highest BCUT2D eigenvalue weighted by molar-refractivity contribution is 5.50. The summed E-state index contributed by atoms with van der Waals surface area (Å²) >= 11 is 0. The summed E-state index contributed by atoms with van der Waals surface area (Å²) in [5, 5.41) is 0. The maximum absolute atomic E-state index is 12.7. The average Bonchev–Trinajstić information content (AvgIpc) is 2.68. The molecule has 3 nitrogen and oxygen atoms in total. The second-order valence-corrected chi connectivity index (χ2v) is 3.82. The second kappa shape index (κ2) is 4.65. The van der Waals surface area contributed by atoms with Gasteiger partial charge in [0.2, 0.25) is 0 Å². The lowest BCUT2D eigenvalue weighted by atomic mass is 10.2. The Bertz CT molecular complexity index is 359. The molecule has 1 aliphatic rings. The zero-order chi connectivity index (χ0) is 11.5. The predicted octanol–water partition coefficient (Wildman–Crippen LogP) is 1.62. The molecule has 0 N–H and O–H groups in total. The fourth-order valence-electron chi connectivity index (χ4n) is 1.97. The van der Waals surface area contributed by atoms with Gasteiger partial charge in [-0.15, -0.1) is 0 Å². The molecule has 0 radical (unpaired) electrons. The van der Waals surface area contributed by atoms with Gasteiger partial charge in [-0.05, 0) is 11.6 Å². The van der Waals surface area contributed by atoms with Gasteiger partial charge in [0.25, 0.3) is 6.43 Å². The monoisotopic (exact) mass is 226 g/mol. The largest absolute Gasteiger partial charge is 0.303 e. The van der Waals surface area contributed by atoms with Crippen molar-refractivity contribution in [2.45, 2.75) is 32.0 Å². The van der Waals surface area contributed by atoms with Crippen LogP contribution in [0.2, 0.25) is 0 Å². The molecule has 1 aromatic rings. The smallest absolute Gasteiger partial charge is 0.254 e. The Balaban J connectivity index is 2.11. The van der Waals surface area contributed by atoms with Gasteiger partial charge in [0.1, 0.15) is 6.29 Å². The van der Waals surface area contributed by atoms with E-state index in [0.717, 1.165) is 11.3 Å². The fraction of sp³-hybridized carbons (Fsp3) is 0.455. The molecule has 0 saturated carbocycles. The number of pyridine rings is 1. The van der Waals surface area contributed by atoms with Crippen molar-refractivity contribution in [3.05, 3.63) is 29.6 Å². The minimum absolute atomic E-state index is 0.133. The van der Waals surface area contributed by atoms with E-state index in [2.05, 4.69) is 4.98 Å². The number of aromatic nitrogens is 1. The fourth-order valence-corrected chi connectivity index (χ4v) is 1.97. The van der Waals surface area contributed by atoms with Crippen molar-refractivity contribution in [2.75, 3.05) is 0 Å². The number of fused-ring (bicyclic) bond motifs is 1. The van der Waals surface area contributed by atoms with Gasteiger partial charge in [-0.1, -0.05) is 6.07 Å². The van der Waals surface area contributed by atoms with E-state index in [1.807, 2.05) is 6.07 Å². The number of halogens is 2. The first kappa shape index (κ1) is 11.1. The Labute approximate surface area is 92.1 Å².